The molecular formula is C12H16N2O. The van der Waals surface area contributed by atoms with Crippen LogP contribution in [-0.4, -0.2) is 5.91 Å². The van der Waals surface area contributed by atoms with Gasteiger partial charge in [0.15, 0.2) is 0 Å². The van der Waals surface area contributed by atoms with E-state index < -0.39 is 0 Å². The van der Waals surface area contributed by atoms with Crippen molar-refractivity contribution in [3.8, 4) is 0 Å². The van der Waals surface area contributed by atoms with E-state index in [1.807, 2.05) is 38.1 Å². The number of nitrogens with two attached hydrogens (primary N) is 1. The average molecular weight is 204 g/mol. The van der Waals surface area contributed by atoms with E-state index in [4.69, 9.17) is 5.73 Å². The minimum absolute atomic E-state index is 0.115. The molecular weight excluding hydrogens is 188 g/mol. The number of rotatable bonds is 3. The van der Waals surface area contributed by atoms with Gasteiger partial charge >= 0.3 is 0 Å². The molecule has 0 radical (unpaired) electrons. The quantitative estimate of drug-likeness (QED) is 0.740. The first-order valence-corrected chi connectivity index (χ1v) is 4.87. The van der Waals surface area contributed by atoms with Crippen molar-refractivity contribution in [3.05, 3.63) is 41.5 Å². The molecule has 0 spiro atoms. The molecule has 0 saturated carbocycles. The SMILES string of the molecule is CC(C)=CC(=O)Nc1ccccc1CN. The first kappa shape index (κ1) is 11.5. The molecule has 0 bridgehead atoms. The van der Waals surface area contributed by atoms with Crippen molar-refractivity contribution in [1.29, 1.82) is 0 Å². The highest BCUT2D eigenvalue weighted by Gasteiger charge is 2.02. The zero-order valence-corrected chi connectivity index (χ0v) is 9.08. The van der Waals surface area contributed by atoms with Gasteiger partial charge in [0.25, 0.3) is 0 Å². The van der Waals surface area contributed by atoms with E-state index in [9.17, 15) is 4.79 Å². The lowest BCUT2D eigenvalue weighted by molar-refractivity contribution is -0.111. The Kier molecular flexibility index (Phi) is 4.06. The van der Waals surface area contributed by atoms with Gasteiger partial charge in [0.1, 0.15) is 0 Å². The van der Waals surface area contributed by atoms with Crippen molar-refractivity contribution in [1.82, 2.24) is 0 Å². The highest BCUT2D eigenvalue weighted by atomic mass is 16.1. The van der Waals surface area contributed by atoms with Gasteiger partial charge < -0.3 is 11.1 Å². The molecule has 0 unspecified atom stereocenters. The fourth-order valence-electron chi connectivity index (χ4n) is 1.25. The second-order valence-corrected chi connectivity index (χ2v) is 3.57. The number of benzene rings is 1. The van der Waals surface area contributed by atoms with Gasteiger partial charge in [0.05, 0.1) is 0 Å². The number of hydrogen-bond acceptors (Lipinski definition) is 2. The van der Waals surface area contributed by atoms with Crippen molar-refractivity contribution in [2.45, 2.75) is 20.4 Å². The molecule has 0 aromatic heterocycles. The molecule has 15 heavy (non-hydrogen) atoms. The number of nitrogens with one attached hydrogen (secondary N) is 1. The van der Waals surface area contributed by atoms with Crippen LogP contribution in [0.15, 0.2) is 35.9 Å². The number of hydrogen-bond donors (Lipinski definition) is 2. The van der Waals surface area contributed by atoms with Gasteiger partial charge in [-0.1, -0.05) is 23.8 Å². The topological polar surface area (TPSA) is 55.1 Å². The second kappa shape index (κ2) is 5.32. The molecule has 1 aromatic rings. The third kappa shape index (κ3) is 3.56. The van der Waals surface area contributed by atoms with Crippen molar-refractivity contribution >= 4 is 11.6 Å². The number of carbonyl (C=O) groups is 1. The van der Waals surface area contributed by atoms with Crippen molar-refractivity contribution in [2.24, 2.45) is 5.73 Å². The maximum atomic E-state index is 11.5. The number of carbonyl (C=O) groups excluding carboxylic acids is 1. The molecule has 1 rings (SSSR count). The fraction of sp³-hybridized carbons (Fsp3) is 0.250. The van der Waals surface area contributed by atoms with Crippen LogP contribution in [0.3, 0.4) is 0 Å². The fourth-order valence-corrected chi connectivity index (χ4v) is 1.25. The van der Waals surface area contributed by atoms with Gasteiger partial charge in [-0.05, 0) is 25.5 Å². The highest BCUT2D eigenvalue weighted by molar-refractivity contribution is 6.00. The molecule has 3 N–H and O–H groups in total. The van der Waals surface area contributed by atoms with Crippen LogP contribution in [0.5, 0.6) is 0 Å². The summed E-state index contributed by atoms with van der Waals surface area (Å²) in [5.74, 6) is -0.115. The van der Waals surface area contributed by atoms with Gasteiger partial charge in [-0.3, -0.25) is 4.79 Å². The molecule has 0 heterocycles. The van der Waals surface area contributed by atoms with Crippen LogP contribution in [0.25, 0.3) is 0 Å². The number of para-hydroxylation sites is 1. The summed E-state index contributed by atoms with van der Waals surface area (Å²) in [5, 5.41) is 2.80. The molecule has 0 saturated heterocycles. The molecule has 0 atom stereocenters. The molecule has 3 heteroatoms. The number of anilines is 1. The predicted molar refractivity (Wildman–Crippen MR) is 62.4 cm³/mol. The Labute approximate surface area is 90.0 Å². The van der Waals surface area contributed by atoms with Gasteiger partial charge in [-0.15, -0.1) is 0 Å². The van der Waals surface area contributed by atoms with E-state index in [0.717, 1.165) is 16.8 Å². The Morgan fingerprint density at radius 3 is 2.67 bits per heavy atom. The summed E-state index contributed by atoms with van der Waals surface area (Å²) in [6.07, 6.45) is 1.56. The largest absolute Gasteiger partial charge is 0.326 e. The lowest BCUT2D eigenvalue weighted by atomic mass is 10.2. The van der Waals surface area contributed by atoms with E-state index >= 15 is 0 Å². The van der Waals surface area contributed by atoms with E-state index in [0.29, 0.717) is 6.54 Å². The van der Waals surface area contributed by atoms with Crippen LogP contribution in [-0.2, 0) is 11.3 Å². The zero-order chi connectivity index (χ0) is 11.3. The Hall–Kier alpha value is -1.61. The maximum absolute atomic E-state index is 11.5. The monoisotopic (exact) mass is 204 g/mol. The first-order valence-electron chi connectivity index (χ1n) is 4.87. The second-order valence-electron chi connectivity index (χ2n) is 3.57. The van der Waals surface area contributed by atoms with Crippen LogP contribution in [0, 0.1) is 0 Å². The number of amides is 1. The van der Waals surface area contributed by atoms with E-state index in [1.54, 1.807) is 6.08 Å². The normalized spacial score (nSPS) is 9.53. The average Bonchev–Trinajstić information content (AvgIpc) is 2.17. The zero-order valence-electron chi connectivity index (χ0n) is 9.08. The minimum Gasteiger partial charge on any atom is -0.326 e. The lowest BCUT2D eigenvalue weighted by Crippen LogP contribution is -2.11. The van der Waals surface area contributed by atoms with Crippen molar-refractivity contribution in [3.63, 3.8) is 0 Å². The number of allylic oxidation sites excluding steroid dienone is 1. The standard InChI is InChI=1S/C12H16N2O/c1-9(2)7-12(15)14-11-6-4-3-5-10(11)8-13/h3-7H,8,13H2,1-2H3,(H,14,15). The van der Waals surface area contributed by atoms with Crippen molar-refractivity contribution < 1.29 is 4.79 Å². The van der Waals surface area contributed by atoms with Gasteiger partial charge in [-0.25, -0.2) is 0 Å². The summed E-state index contributed by atoms with van der Waals surface area (Å²) in [4.78, 5) is 11.5. The summed E-state index contributed by atoms with van der Waals surface area (Å²) in [6.45, 7) is 4.19. The van der Waals surface area contributed by atoms with Crippen LogP contribution in [0.2, 0.25) is 0 Å². The highest BCUT2D eigenvalue weighted by Crippen LogP contribution is 2.14. The summed E-state index contributed by atoms with van der Waals surface area (Å²) in [5.41, 5.74) is 8.25. The summed E-state index contributed by atoms with van der Waals surface area (Å²) in [7, 11) is 0. The van der Waals surface area contributed by atoms with E-state index in [1.165, 1.54) is 0 Å². The molecule has 0 aliphatic heterocycles. The van der Waals surface area contributed by atoms with Crippen molar-refractivity contribution in [2.75, 3.05) is 5.32 Å². The molecule has 80 valence electrons. The summed E-state index contributed by atoms with van der Waals surface area (Å²) >= 11 is 0. The molecule has 0 aliphatic rings. The Morgan fingerprint density at radius 1 is 1.40 bits per heavy atom. The molecule has 0 fully saturated rings. The van der Waals surface area contributed by atoms with Crippen LogP contribution in [0.4, 0.5) is 5.69 Å². The molecule has 3 nitrogen and oxygen atoms in total. The third-order valence-corrected chi connectivity index (χ3v) is 1.91. The van der Waals surface area contributed by atoms with Gasteiger partial charge in [0.2, 0.25) is 5.91 Å². The Bertz CT molecular complexity index is 379. The van der Waals surface area contributed by atoms with Gasteiger partial charge in [-0.2, -0.15) is 0 Å². The van der Waals surface area contributed by atoms with Crippen LogP contribution < -0.4 is 11.1 Å². The minimum atomic E-state index is -0.115. The van der Waals surface area contributed by atoms with Crippen LogP contribution in [0.1, 0.15) is 19.4 Å². The molecule has 1 aromatic carbocycles. The van der Waals surface area contributed by atoms with Gasteiger partial charge in [0, 0.05) is 18.3 Å². The smallest absolute Gasteiger partial charge is 0.248 e. The Balaban J connectivity index is 2.80. The molecule has 1 amide bonds. The van der Waals surface area contributed by atoms with Crippen LogP contribution >= 0.6 is 0 Å². The predicted octanol–water partition coefficient (Wildman–Crippen LogP) is 2.05. The third-order valence-electron chi connectivity index (χ3n) is 1.91. The van der Waals surface area contributed by atoms with E-state index in [2.05, 4.69) is 5.32 Å². The summed E-state index contributed by atoms with van der Waals surface area (Å²) in [6, 6.07) is 7.52. The summed E-state index contributed by atoms with van der Waals surface area (Å²) < 4.78 is 0. The first-order chi connectivity index (χ1) is 7.13. The molecule has 0 aliphatic carbocycles. The lowest BCUT2D eigenvalue weighted by Gasteiger charge is -2.07. The van der Waals surface area contributed by atoms with E-state index in [-0.39, 0.29) is 5.91 Å². The maximum Gasteiger partial charge on any atom is 0.248 e. The Morgan fingerprint density at radius 2 is 2.07 bits per heavy atom.